The fourth-order valence-electron chi connectivity index (χ4n) is 2.35. The molecule has 0 aliphatic heterocycles. The van der Waals surface area contributed by atoms with Gasteiger partial charge in [0.2, 0.25) is 11.9 Å². The van der Waals surface area contributed by atoms with Crippen molar-refractivity contribution >= 4 is 45.0 Å². The summed E-state index contributed by atoms with van der Waals surface area (Å²) in [7, 11) is -4.49. The molecule has 29 heavy (non-hydrogen) atoms. The Labute approximate surface area is 163 Å². The van der Waals surface area contributed by atoms with Crippen molar-refractivity contribution in [3.8, 4) is 0 Å². The number of carboxylic acids is 1. The van der Waals surface area contributed by atoms with Crippen LogP contribution in [-0.4, -0.2) is 39.0 Å². The topological polar surface area (TPSA) is 180 Å². The number of nitrogens with one attached hydrogen (secondary N) is 2. The predicted octanol–water partition coefficient (Wildman–Crippen LogP) is 2.02. The first-order valence-corrected chi connectivity index (χ1v) is 9.22. The van der Waals surface area contributed by atoms with Crippen molar-refractivity contribution in [2.75, 3.05) is 16.4 Å². The van der Waals surface area contributed by atoms with Gasteiger partial charge in [-0.3, -0.25) is 4.55 Å². The van der Waals surface area contributed by atoms with Gasteiger partial charge < -0.3 is 21.5 Å². The van der Waals surface area contributed by atoms with Crippen LogP contribution < -0.4 is 16.4 Å². The molecule has 0 aliphatic carbocycles. The standard InChI is InChI=1S/C16H13FN6O5S/c17-14-21-15(19-8-5-6-12(10(18)7-8)29(26,27)28)23-16(22-14)20-11-4-2-1-3-9(11)13(24)25/h1-7H,18H2,(H,24,25)(H,26,27,28)(H2,19,20,21,22,23). The van der Waals surface area contributed by atoms with E-state index in [1.807, 2.05) is 0 Å². The van der Waals surface area contributed by atoms with Gasteiger partial charge in [-0.25, -0.2) is 4.79 Å². The van der Waals surface area contributed by atoms with Crippen LogP contribution in [0.4, 0.5) is 33.3 Å². The molecule has 13 heteroatoms. The molecule has 3 rings (SSSR count). The third kappa shape index (κ3) is 4.72. The Hall–Kier alpha value is -3.84. The molecular formula is C16H13FN6O5S. The molecule has 0 saturated carbocycles. The highest BCUT2D eigenvalue weighted by Gasteiger charge is 2.15. The fraction of sp³-hybridized carbons (Fsp3) is 0. The summed E-state index contributed by atoms with van der Waals surface area (Å²) >= 11 is 0. The van der Waals surface area contributed by atoms with Gasteiger partial charge in [-0.2, -0.15) is 27.8 Å². The summed E-state index contributed by atoms with van der Waals surface area (Å²) in [5.41, 5.74) is 5.61. The number of nitrogens with zero attached hydrogens (tertiary/aromatic N) is 3. The van der Waals surface area contributed by atoms with Gasteiger partial charge in [-0.1, -0.05) is 12.1 Å². The number of halogens is 1. The average Bonchev–Trinajstić information content (AvgIpc) is 2.60. The van der Waals surface area contributed by atoms with Gasteiger partial charge in [0, 0.05) is 5.69 Å². The molecule has 0 saturated heterocycles. The number of hydrogen-bond acceptors (Lipinski definition) is 9. The third-order valence-corrected chi connectivity index (χ3v) is 4.48. The number of aromatic carboxylic acids is 1. The Morgan fingerprint density at radius 3 is 2.31 bits per heavy atom. The quantitative estimate of drug-likeness (QED) is 0.291. The zero-order valence-electron chi connectivity index (χ0n) is 14.4. The first kappa shape index (κ1) is 19.9. The molecule has 1 aromatic heterocycles. The van der Waals surface area contributed by atoms with E-state index in [-0.39, 0.29) is 34.5 Å². The van der Waals surface area contributed by atoms with Crippen molar-refractivity contribution in [2.45, 2.75) is 4.90 Å². The Morgan fingerprint density at radius 2 is 1.69 bits per heavy atom. The van der Waals surface area contributed by atoms with Crippen molar-refractivity contribution in [1.82, 2.24) is 15.0 Å². The number of hydrogen-bond donors (Lipinski definition) is 5. The number of nitrogen functional groups attached to an aromatic ring is 1. The number of benzene rings is 2. The van der Waals surface area contributed by atoms with Crippen molar-refractivity contribution in [3.63, 3.8) is 0 Å². The first-order chi connectivity index (χ1) is 13.6. The SMILES string of the molecule is Nc1cc(Nc2nc(F)nc(Nc3ccccc3C(=O)O)n2)ccc1S(=O)(=O)O. The number of nitrogens with two attached hydrogens (primary N) is 1. The van der Waals surface area contributed by atoms with Gasteiger partial charge in [-0.15, -0.1) is 0 Å². The highest BCUT2D eigenvalue weighted by molar-refractivity contribution is 7.86. The Balaban J connectivity index is 1.89. The van der Waals surface area contributed by atoms with E-state index in [9.17, 15) is 22.7 Å². The molecule has 0 fully saturated rings. The molecule has 0 atom stereocenters. The van der Waals surface area contributed by atoms with Crippen molar-refractivity contribution in [1.29, 1.82) is 0 Å². The summed E-state index contributed by atoms with van der Waals surface area (Å²) in [5.74, 6) is -1.72. The molecule has 2 aromatic carbocycles. The summed E-state index contributed by atoms with van der Waals surface area (Å²) in [5, 5.41) is 14.4. The number of para-hydroxylation sites is 1. The van der Waals surface area contributed by atoms with Gasteiger partial charge in [-0.05, 0) is 30.3 Å². The van der Waals surface area contributed by atoms with Gasteiger partial charge in [0.1, 0.15) is 4.90 Å². The van der Waals surface area contributed by atoms with Gasteiger partial charge in [0.05, 0.1) is 16.9 Å². The number of carboxylic acid groups (broad SMARTS) is 1. The van der Waals surface area contributed by atoms with Gasteiger partial charge in [0.25, 0.3) is 10.1 Å². The highest BCUT2D eigenvalue weighted by Crippen LogP contribution is 2.24. The Morgan fingerprint density at radius 1 is 1.03 bits per heavy atom. The van der Waals surface area contributed by atoms with Crippen LogP contribution in [0.2, 0.25) is 0 Å². The van der Waals surface area contributed by atoms with Crippen molar-refractivity contribution < 1.29 is 27.3 Å². The second-order valence-corrected chi connectivity index (χ2v) is 6.97. The summed E-state index contributed by atoms with van der Waals surface area (Å²) < 4.78 is 45.2. The zero-order valence-corrected chi connectivity index (χ0v) is 15.2. The largest absolute Gasteiger partial charge is 0.478 e. The number of aromatic nitrogens is 3. The Kier molecular flexibility index (Phi) is 5.25. The maximum Gasteiger partial charge on any atom is 0.337 e. The lowest BCUT2D eigenvalue weighted by Gasteiger charge is -2.10. The van der Waals surface area contributed by atoms with E-state index in [0.717, 1.165) is 6.07 Å². The number of carbonyl (C=O) groups is 1. The molecular weight excluding hydrogens is 407 g/mol. The van der Waals surface area contributed by atoms with Crippen LogP contribution in [0.3, 0.4) is 0 Å². The van der Waals surface area contributed by atoms with Crippen LogP contribution in [0.25, 0.3) is 0 Å². The van der Waals surface area contributed by atoms with Crippen molar-refractivity contribution in [2.24, 2.45) is 0 Å². The molecule has 0 radical (unpaired) electrons. The zero-order chi connectivity index (χ0) is 21.2. The summed E-state index contributed by atoms with van der Waals surface area (Å²) in [6.07, 6.45) is -1.15. The summed E-state index contributed by atoms with van der Waals surface area (Å²) in [6, 6.07) is 9.38. The lowest BCUT2D eigenvalue weighted by Crippen LogP contribution is -2.09. The smallest absolute Gasteiger partial charge is 0.337 e. The van der Waals surface area contributed by atoms with E-state index in [4.69, 9.17) is 10.3 Å². The van der Waals surface area contributed by atoms with Crippen LogP contribution in [0.15, 0.2) is 47.4 Å². The average molecular weight is 420 g/mol. The normalized spacial score (nSPS) is 11.1. The molecule has 150 valence electrons. The predicted molar refractivity (Wildman–Crippen MR) is 100 cm³/mol. The molecule has 6 N–H and O–H groups in total. The maximum absolute atomic E-state index is 13.8. The van der Waals surface area contributed by atoms with E-state index < -0.39 is 27.1 Å². The molecule has 0 spiro atoms. The molecule has 0 bridgehead atoms. The minimum atomic E-state index is -4.49. The van der Waals surface area contributed by atoms with E-state index in [1.165, 1.54) is 30.3 Å². The lowest BCUT2D eigenvalue weighted by atomic mass is 10.2. The fourth-order valence-corrected chi connectivity index (χ4v) is 2.95. The lowest BCUT2D eigenvalue weighted by molar-refractivity contribution is 0.0698. The van der Waals surface area contributed by atoms with Crippen LogP contribution in [0.1, 0.15) is 10.4 Å². The number of anilines is 5. The second-order valence-electron chi connectivity index (χ2n) is 5.58. The minimum Gasteiger partial charge on any atom is -0.478 e. The van der Waals surface area contributed by atoms with E-state index >= 15 is 0 Å². The monoisotopic (exact) mass is 420 g/mol. The number of rotatable bonds is 6. The van der Waals surface area contributed by atoms with Crippen LogP contribution in [0, 0.1) is 6.08 Å². The molecule has 1 heterocycles. The molecule has 3 aromatic rings. The second kappa shape index (κ2) is 7.65. The van der Waals surface area contributed by atoms with Crippen LogP contribution >= 0.6 is 0 Å². The highest BCUT2D eigenvalue weighted by atomic mass is 32.2. The third-order valence-electron chi connectivity index (χ3n) is 3.56. The van der Waals surface area contributed by atoms with E-state index in [1.54, 1.807) is 6.07 Å². The molecule has 0 aliphatic rings. The van der Waals surface area contributed by atoms with E-state index in [0.29, 0.717) is 0 Å². The van der Waals surface area contributed by atoms with Crippen molar-refractivity contribution in [3.05, 3.63) is 54.1 Å². The summed E-state index contributed by atoms with van der Waals surface area (Å²) in [4.78, 5) is 21.6. The van der Waals surface area contributed by atoms with Gasteiger partial charge >= 0.3 is 12.0 Å². The molecule has 11 nitrogen and oxygen atoms in total. The Bertz CT molecular complexity index is 1200. The summed E-state index contributed by atoms with van der Waals surface area (Å²) in [6.45, 7) is 0. The molecule has 0 amide bonds. The minimum absolute atomic E-state index is 0.0728. The van der Waals surface area contributed by atoms with E-state index in [2.05, 4.69) is 25.6 Å². The maximum atomic E-state index is 13.8. The molecule has 0 unspecified atom stereocenters. The van der Waals surface area contributed by atoms with Gasteiger partial charge in [0.15, 0.2) is 0 Å². The van der Waals surface area contributed by atoms with Crippen LogP contribution in [-0.2, 0) is 10.1 Å². The van der Waals surface area contributed by atoms with Crippen LogP contribution in [0.5, 0.6) is 0 Å². The first-order valence-electron chi connectivity index (χ1n) is 7.78.